The van der Waals surface area contributed by atoms with E-state index in [4.69, 9.17) is 11.2 Å². The average Bonchev–Trinajstić information content (AvgIpc) is 3.09. The topological polar surface area (TPSA) is 26.3 Å². The summed E-state index contributed by atoms with van der Waals surface area (Å²) in [6.45, 7) is 3.75. The van der Waals surface area contributed by atoms with Crippen molar-refractivity contribution in [3.05, 3.63) is 101 Å². The normalized spacial score (nSPS) is 13.5. The van der Waals surface area contributed by atoms with Crippen molar-refractivity contribution >= 4 is 26.5 Å². The second kappa shape index (κ2) is 7.78. The average molecular weight is 416 g/mol. The summed E-state index contributed by atoms with van der Waals surface area (Å²) < 4.78 is 20.2. The molecule has 148 valence electrons. The molecule has 0 N–H and O–H groups in total. The molecule has 3 aromatic carbocycles. The highest BCUT2D eigenvalue weighted by Gasteiger charge is 2.30. The molecule has 30 heavy (non-hydrogen) atoms. The van der Waals surface area contributed by atoms with Crippen LogP contribution in [0.25, 0.3) is 15.0 Å². The van der Waals surface area contributed by atoms with E-state index in [-0.39, 0.29) is 16.3 Å². The second-order valence-electron chi connectivity index (χ2n) is 7.20. The van der Waals surface area contributed by atoms with E-state index in [0.29, 0.717) is 11.1 Å². The van der Waals surface area contributed by atoms with Crippen molar-refractivity contribution in [1.82, 2.24) is 0 Å². The summed E-state index contributed by atoms with van der Waals surface area (Å²) in [6.07, 6.45) is 5.64. The van der Waals surface area contributed by atoms with Gasteiger partial charge in [0.25, 0.3) is 0 Å². The van der Waals surface area contributed by atoms with Gasteiger partial charge in [-0.3, -0.25) is 0 Å². The maximum absolute atomic E-state index is 13.2. The second-order valence-corrected chi connectivity index (χ2v) is 9.36. The summed E-state index contributed by atoms with van der Waals surface area (Å²) in [5.41, 5.74) is -0.323. The van der Waals surface area contributed by atoms with Crippen molar-refractivity contribution < 1.29 is 13.9 Å². The van der Waals surface area contributed by atoms with Gasteiger partial charge in [0.1, 0.15) is 5.82 Å². The van der Waals surface area contributed by atoms with Gasteiger partial charge in [-0.1, -0.05) is 30.2 Å². The largest absolute Gasteiger partial charge is 0.438 e. The Hall–Kier alpha value is -3.42. The molecule has 0 aliphatic carbocycles. The van der Waals surface area contributed by atoms with Crippen LogP contribution in [0.5, 0.6) is 0 Å². The lowest BCUT2D eigenvalue weighted by Crippen LogP contribution is -2.27. The summed E-state index contributed by atoms with van der Waals surface area (Å²) >= 11 is 0. The lowest BCUT2D eigenvalue weighted by atomic mass is 9.96. The van der Waals surface area contributed by atoms with Crippen molar-refractivity contribution in [2.24, 2.45) is 0 Å². The van der Waals surface area contributed by atoms with E-state index in [1.807, 2.05) is 24.3 Å². The number of esters is 1. The molecule has 0 amide bonds. The molecule has 0 radical (unpaired) electrons. The number of aryl methyl sites for hydroxylation is 1. The first-order valence-corrected chi connectivity index (χ1v) is 10.7. The lowest BCUT2D eigenvalue weighted by Gasteiger charge is -2.24. The molecular weight excluding hydrogens is 395 g/mol. The number of halogens is 1. The van der Waals surface area contributed by atoms with Crippen molar-refractivity contribution in [1.29, 1.82) is 0 Å². The van der Waals surface area contributed by atoms with Crippen molar-refractivity contribution in [2.75, 3.05) is 0 Å². The van der Waals surface area contributed by atoms with E-state index in [1.165, 1.54) is 39.2 Å². The van der Waals surface area contributed by atoms with Gasteiger partial charge in [0, 0.05) is 34.4 Å². The third-order valence-electron chi connectivity index (χ3n) is 5.11. The first-order valence-electron chi connectivity index (χ1n) is 9.50. The molecular formula is C26H20FO2S+. The molecule has 0 aliphatic heterocycles. The standard InChI is InChI=1S/C26H20FO2S/c1-4-26(3,21-11-13-22(27)14-12-21)29-25(28)19-9-15-23(16-10-19)30-18(2)17-20-7-5-6-8-24(20)30/h1,5-17H,2-3H3/q+1. The number of hydrogen-bond acceptors (Lipinski definition) is 2. The van der Waals surface area contributed by atoms with Crippen LogP contribution in [-0.2, 0) is 10.3 Å². The summed E-state index contributed by atoms with van der Waals surface area (Å²) in [5.74, 6) is 1.62. The van der Waals surface area contributed by atoms with Crippen LogP contribution < -0.4 is 0 Å². The van der Waals surface area contributed by atoms with Crippen LogP contribution in [0, 0.1) is 25.1 Å². The van der Waals surface area contributed by atoms with E-state index in [1.54, 1.807) is 19.1 Å². The molecule has 1 aromatic heterocycles. The summed E-state index contributed by atoms with van der Waals surface area (Å²) in [6, 6.07) is 23.7. The van der Waals surface area contributed by atoms with Crippen LogP contribution in [0.1, 0.15) is 27.7 Å². The highest BCUT2D eigenvalue weighted by molar-refractivity contribution is 7.45. The molecule has 0 saturated carbocycles. The number of hydrogen-bond donors (Lipinski definition) is 0. The van der Waals surface area contributed by atoms with Gasteiger partial charge in [-0.25, -0.2) is 9.18 Å². The van der Waals surface area contributed by atoms with Gasteiger partial charge in [-0.05, 0) is 55.5 Å². The van der Waals surface area contributed by atoms with E-state index in [9.17, 15) is 9.18 Å². The minimum absolute atomic E-state index is 0.143. The number of fused-ring (bicyclic) bond motifs is 1. The maximum atomic E-state index is 13.2. The predicted octanol–water partition coefficient (Wildman–Crippen LogP) is 6.73. The van der Waals surface area contributed by atoms with Crippen molar-refractivity contribution in [2.45, 2.75) is 19.4 Å². The van der Waals surface area contributed by atoms with Gasteiger partial charge in [-0.15, -0.1) is 6.42 Å². The number of benzene rings is 3. The molecule has 4 aromatic rings. The first-order chi connectivity index (χ1) is 14.4. The van der Waals surface area contributed by atoms with Crippen molar-refractivity contribution in [3.8, 4) is 17.2 Å². The third kappa shape index (κ3) is 3.60. The Labute approximate surface area is 177 Å². The Bertz CT molecular complexity index is 1260. The molecule has 2 nitrogen and oxygen atoms in total. The zero-order valence-electron chi connectivity index (χ0n) is 16.7. The van der Waals surface area contributed by atoms with E-state index in [2.05, 4.69) is 31.0 Å². The van der Waals surface area contributed by atoms with Crippen molar-refractivity contribution in [3.63, 3.8) is 0 Å². The summed E-state index contributed by atoms with van der Waals surface area (Å²) in [4.78, 5) is 15.2. The zero-order chi connectivity index (χ0) is 21.3. The quantitative estimate of drug-likeness (QED) is 0.210. The van der Waals surface area contributed by atoms with Gasteiger partial charge >= 0.3 is 5.97 Å². The Kier molecular flexibility index (Phi) is 5.15. The van der Waals surface area contributed by atoms with E-state index < -0.39 is 11.6 Å². The van der Waals surface area contributed by atoms with E-state index in [0.717, 1.165) is 4.90 Å². The smallest absolute Gasteiger partial charge is 0.339 e. The Balaban J connectivity index is 1.61. The highest BCUT2D eigenvalue weighted by atomic mass is 32.2. The number of terminal acetylenes is 1. The van der Waals surface area contributed by atoms with Crippen LogP contribution in [-0.4, -0.2) is 5.97 Å². The van der Waals surface area contributed by atoms with Gasteiger partial charge < -0.3 is 4.74 Å². The van der Waals surface area contributed by atoms with Crippen LogP contribution in [0.15, 0.2) is 78.9 Å². The predicted molar refractivity (Wildman–Crippen MR) is 121 cm³/mol. The third-order valence-corrected chi connectivity index (χ3v) is 7.43. The number of carbonyl (C=O) groups excluding carboxylic acids is 1. The zero-order valence-corrected chi connectivity index (χ0v) is 17.5. The van der Waals surface area contributed by atoms with Crippen LogP contribution in [0.2, 0.25) is 0 Å². The number of thiophene rings is 1. The minimum Gasteiger partial charge on any atom is -0.438 e. The number of rotatable bonds is 4. The Morgan fingerprint density at radius 1 is 1.03 bits per heavy atom. The molecule has 4 heteroatoms. The van der Waals surface area contributed by atoms with Crippen LogP contribution in [0.4, 0.5) is 4.39 Å². The SMILES string of the molecule is C#CC(C)(OC(=O)c1ccc(-[s+]2c(C)cc3ccccc32)cc1)c1ccc(F)cc1. The fraction of sp³-hybridized carbons (Fsp3) is 0.115. The van der Waals surface area contributed by atoms with Gasteiger partial charge in [0.2, 0.25) is 0 Å². The van der Waals surface area contributed by atoms with Gasteiger partial charge in [0.05, 0.1) is 5.56 Å². The molecule has 0 bridgehead atoms. The fourth-order valence-corrected chi connectivity index (χ4v) is 5.66. The summed E-state index contributed by atoms with van der Waals surface area (Å²) in [7, 11) is -0.143. The fourth-order valence-electron chi connectivity index (χ4n) is 3.46. The Morgan fingerprint density at radius 3 is 2.37 bits per heavy atom. The molecule has 1 heterocycles. The van der Waals surface area contributed by atoms with Crippen LogP contribution in [0.3, 0.4) is 0 Å². The molecule has 0 spiro atoms. The molecule has 4 rings (SSSR count). The Morgan fingerprint density at radius 2 is 1.70 bits per heavy atom. The summed E-state index contributed by atoms with van der Waals surface area (Å²) in [5, 5.41) is 1.24. The van der Waals surface area contributed by atoms with Crippen LogP contribution >= 0.6 is 10.5 Å². The minimum atomic E-state index is -1.28. The number of carbonyl (C=O) groups is 1. The lowest BCUT2D eigenvalue weighted by molar-refractivity contribution is 0.0129. The highest BCUT2D eigenvalue weighted by Crippen LogP contribution is 2.43. The monoisotopic (exact) mass is 415 g/mol. The van der Waals surface area contributed by atoms with Gasteiger partial charge in [0.15, 0.2) is 20.1 Å². The van der Waals surface area contributed by atoms with E-state index >= 15 is 0 Å². The molecule has 0 fully saturated rings. The molecule has 0 aliphatic rings. The first kappa shape index (κ1) is 19.9. The molecule has 0 saturated heterocycles. The molecule has 2 atom stereocenters. The maximum Gasteiger partial charge on any atom is 0.339 e. The number of ether oxygens (including phenoxy) is 1. The molecule has 2 unspecified atom stereocenters. The van der Waals surface area contributed by atoms with Gasteiger partial charge in [-0.2, -0.15) is 0 Å².